The average molecular weight is 1770 g/mol. The van der Waals surface area contributed by atoms with Gasteiger partial charge in [0.05, 0.1) is 49.5 Å². The molecule has 28 nitrogen and oxygen atoms in total. The molecule has 2 aromatic rings. The second-order valence-corrected chi connectivity index (χ2v) is 40.1. The Kier molecular flexibility index (Phi) is 33.8. The van der Waals surface area contributed by atoms with Gasteiger partial charge in [-0.15, -0.1) is 0 Å². The Balaban J connectivity index is 0.00000841. The maximum atomic E-state index is 15.6. The fraction of sp³-hybridized carbons (Fsp3) is 0.632. The van der Waals surface area contributed by atoms with E-state index < -0.39 is 139 Å². The van der Waals surface area contributed by atoms with Crippen molar-refractivity contribution in [1.82, 2.24) is 67.9 Å². The molecule has 0 spiro atoms. The third-order valence-corrected chi connectivity index (χ3v) is 30.9. The standard InChI is InChI=1S/C95H135N13O15S2.2H2/c1-57(2)23-19-24-58(3)69-37-38-70-68-36-35-65-50-66(39-41-94(65,6)71(68)40-42-95(69,70)7)123-93(122)96-43-18-17-32-73-84(113)105-83(60(5)111)90(119)104-79(88(117)102-77(54-109)59(4)110)56-125-124-55-78(87(116)100-75(47-61-25-11-9-12-26-61)85(114)99-74(82(112)52-98-73)49-64-51-97-72-31-16-15-30-67(64)72)103-86(115)76(48-62-27-13-10-14-28-62)101-89(118)80-33-21-45-107(80)92(121)81-34-22-46-108(81)91(120)63-29-20-44-106(8)53-63;;/h9-16,20,25-28,30-31,35,44,51,53,57-60,66-81,83,97-98,109-111H,17-19,21-24,29,32-34,36-43,45-50,52,54-56H2,1-8H3,(H,96,122)(H,99,114)(H,100,116)(H,101,118)(H,102,117)(H,103,115)(H,104,119)(H,105,113);2*1H/t58?,59?,60?,66-,67?,68?,69?,70?,71?,72?,73?,74?,75?,76?,77?,78?,79?,80?,81?,83?,94?,95?;;/m0../s1/i;2*1+1. The Hall–Kier alpha value is -8.81. The minimum atomic E-state index is -1.74. The molecule has 0 aromatic heterocycles. The van der Waals surface area contributed by atoms with Gasteiger partial charge in [0.1, 0.15) is 48.4 Å². The van der Waals surface area contributed by atoms with Crippen LogP contribution in [0.1, 0.15) is 191 Å². The first kappa shape index (κ1) is 95.3. The normalized spacial score (nSPS) is 31.0. The summed E-state index contributed by atoms with van der Waals surface area (Å²) in [6, 6.07) is 4.21. The zero-order chi connectivity index (χ0) is 89.2. The van der Waals surface area contributed by atoms with Crippen molar-refractivity contribution in [3.8, 4) is 0 Å². The van der Waals surface area contributed by atoms with Crippen LogP contribution in [0.15, 0.2) is 132 Å². The molecule has 22 atom stereocenters. The van der Waals surface area contributed by atoms with E-state index in [1.165, 1.54) is 69.3 Å². The van der Waals surface area contributed by atoms with Gasteiger partial charge in [-0.1, -0.05) is 178 Å². The second kappa shape index (κ2) is 44.3. The van der Waals surface area contributed by atoms with Crippen molar-refractivity contribution in [3.63, 3.8) is 0 Å². The third-order valence-electron chi connectivity index (χ3n) is 28.5. The molecule has 30 heteroatoms. The highest BCUT2D eigenvalue weighted by atomic mass is 33.1. The Morgan fingerprint density at radius 2 is 1.42 bits per heavy atom. The second-order valence-electron chi connectivity index (χ2n) is 37.6. The minimum Gasteiger partial charge on any atom is -0.446 e. The number of hydrogen-bond acceptors (Lipinski definition) is 20. The zero-order valence-corrected chi connectivity index (χ0v) is 75.6. The number of benzene rings is 2. The smallest absolute Gasteiger partial charge is 0.407 e. The first-order valence-corrected chi connectivity index (χ1v) is 48.3. The van der Waals surface area contributed by atoms with E-state index in [9.17, 15) is 44.1 Å². The molecule has 125 heavy (non-hydrogen) atoms. The Morgan fingerprint density at radius 3 is 2.15 bits per heavy atom. The van der Waals surface area contributed by atoms with Crippen molar-refractivity contribution in [2.24, 2.45) is 52.3 Å². The van der Waals surface area contributed by atoms with Crippen LogP contribution < -0.4 is 53.2 Å². The fourth-order valence-electron chi connectivity index (χ4n) is 21.5. The van der Waals surface area contributed by atoms with Crippen LogP contribution in [0, 0.1) is 52.3 Å². The lowest BCUT2D eigenvalue weighted by molar-refractivity contribution is -0.146. The largest absolute Gasteiger partial charge is 0.446 e. The van der Waals surface area contributed by atoms with Crippen molar-refractivity contribution >= 4 is 86.6 Å². The first-order valence-electron chi connectivity index (χ1n) is 45.8. The van der Waals surface area contributed by atoms with Gasteiger partial charge in [-0.25, -0.2) is 4.79 Å². The van der Waals surface area contributed by atoms with Crippen molar-refractivity contribution in [2.45, 2.75) is 274 Å². The number of hydrogen-bond donors (Lipinski definition) is 13. The summed E-state index contributed by atoms with van der Waals surface area (Å²) in [6.07, 6.45) is 28.8. The summed E-state index contributed by atoms with van der Waals surface area (Å²) in [5, 5.41) is 61.4. The van der Waals surface area contributed by atoms with E-state index in [0.29, 0.717) is 79.0 Å². The first-order chi connectivity index (χ1) is 60.0. The number of nitrogens with zero attached hydrogens (tertiary/aromatic N) is 3. The van der Waals surface area contributed by atoms with Gasteiger partial charge < -0.3 is 82.6 Å². The van der Waals surface area contributed by atoms with E-state index in [0.717, 1.165) is 70.1 Å². The maximum absolute atomic E-state index is 15.6. The number of fused-ring (bicyclic) bond motifs is 6. The zero-order valence-electron chi connectivity index (χ0n) is 74.0. The number of allylic oxidation sites excluding steroid dienone is 4. The number of carbonyl (C=O) groups excluding carboxylic acids is 11. The predicted octanol–water partition coefficient (Wildman–Crippen LogP) is 8.04. The third kappa shape index (κ3) is 24.2. The molecule has 686 valence electrons. The van der Waals surface area contributed by atoms with Crippen LogP contribution in [-0.4, -0.2) is 231 Å². The lowest BCUT2D eigenvalue weighted by Gasteiger charge is -2.58. The Labute approximate surface area is 747 Å². The number of ether oxygens (including phenoxy) is 1. The molecule has 13 N–H and O–H groups in total. The molecule has 10 aliphatic rings. The number of Topliss-reactive ketones (excluding diaryl/α,β-unsaturated/α-hetero) is 1. The monoisotopic (exact) mass is 1770 g/mol. The highest BCUT2D eigenvalue weighted by Gasteiger charge is 2.60. The highest BCUT2D eigenvalue weighted by Crippen LogP contribution is 2.67. The molecule has 5 aliphatic carbocycles. The lowest BCUT2D eigenvalue weighted by Crippen LogP contribution is -2.61. The van der Waals surface area contributed by atoms with Gasteiger partial charge in [-0.3, -0.25) is 53.3 Å². The summed E-state index contributed by atoms with van der Waals surface area (Å²) in [4.78, 5) is 168. The number of carbonyl (C=O) groups is 11. The lowest BCUT2D eigenvalue weighted by atomic mass is 9.47. The number of alkyl carbamates (subject to hydrolysis) is 1. The van der Waals surface area contributed by atoms with Crippen LogP contribution in [0.5, 0.6) is 0 Å². The van der Waals surface area contributed by atoms with Gasteiger partial charge in [0.25, 0.3) is 5.91 Å². The van der Waals surface area contributed by atoms with Crippen LogP contribution >= 0.6 is 21.6 Å². The molecule has 5 aliphatic heterocycles. The molecule has 21 unspecified atom stereocenters. The number of amides is 10. The van der Waals surface area contributed by atoms with Gasteiger partial charge in [-0.2, -0.15) is 0 Å². The molecule has 3 saturated carbocycles. The summed E-state index contributed by atoms with van der Waals surface area (Å²) >= 11 is 0. The van der Waals surface area contributed by atoms with E-state index in [4.69, 9.17) is 4.74 Å². The molecular formula is C95H139N13O15S2. The summed E-state index contributed by atoms with van der Waals surface area (Å²) in [5.74, 6) is -3.68. The maximum Gasteiger partial charge on any atom is 0.407 e. The molecule has 0 radical (unpaired) electrons. The predicted molar refractivity (Wildman–Crippen MR) is 486 cm³/mol. The number of aliphatic hydroxyl groups excluding tert-OH is 3. The number of ketones is 1. The van der Waals surface area contributed by atoms with Crippen molar-refractivity contribution < 1.29 is 75.6 Å². The van der Waals surface area contributed by atoms with E-state index >= 15 is 24.0 Å². The van der Waals surface area contributed by atoms with Crippen LogP contribution in [-0.2, 0) is 65.5 Å². The summed E-state index contributed by atoms with van der Waals surface area (Å²) in [5.41, 5.74) is 4.37. The fourth-order valence-corrected chi connectivity index (χ4v) is 23.8. The molecule has 5 heterocycles. The van der Waals surface area contributed by atoms with Crippen molar-refractivity contribution in [1.29, 1.82) is 0 Å². The molecular weight excluding hydrogens is 1630 g/mol. The quantitative estimate of drug-likeness (QED) is 0.0218. The Bertz CT molecular complexity index is 4350. The van der Waals surface area contributed by atoms with Gasteiger partial charge in [0.15, 0.2) is 5.78 Å². The number of aliphatic hydroxyl groups is 3. The SMILES string of the molecule is CC(C)CCCC(C)C1CCC2C3CC=C4C[C@@H](OC(=O)NCCCCC5NCC(=O)C(CC6=CNC7C=CC=CC67)NC(=O)C(Cc6ccccc6)NC(=O)C(NC(=O)C(Cc6ccccc6)NC(=O)C6CCCN6C(=O)C6CCCN6C(=O)C6=CN(C)C=CC6)CSSCC(C(=O)NC(CO)C(C)O)NC(=O)C(C(C)O)NC5=O)CCC4(C)C3CCC12C.[2HH].[2HH]. The van der Waals surface area contributed by atoms with Crippen LogP contribution in [0.25, 0.3) is 0 Å². The van der Waals surface area contributed by atoms with Gasteiger partial charge in [0, 0.05) is 78.0 Å². The van der Waals surface area contributed by atoms with E-state index in [2.05, 4.69) is 93.9 Å². The summed E-state index contributed by atoms with van der Waals surface area (Å²) < 4.78 is 6.18. The molecule has 3 saturated heterocycles. The number of nitrogens with one attached hydrogen (secondary N) is 10. The number of rotatable bonds is 28. The minimum absolute atomic E-state index is 0. The topological polar surface area (TPSA) is 388 Å². The van der Waals surface area contributed by atoms with Gasteiger partial charge >= 0.3 is 6.09 Å². The van der Waals surface area contributed by atoms with E-state index in [-0.39, 0.29) is 101 Å². The van der Waals surface area contributed by atoms with E-state index in [1.807, 2.05) is 43.6 Å². The van der Waals surface area contributed by atoms with Crippen LogP contribution in [0.3, 0.4) is 0 Å². The molecule has 10 amide bonds. The van der Waals surface area contributed by atoms with Crippen molar-refractivity contribution in [2.75, 3.05) is 51.3 Å². The average Bonchev–Trinajstić information content (AvgIpc) is 1.64. The molecule has 12 rings (SSSR count). The van der Waals surface area contributed by atoms with E-state index in [1.54, 1.807) is 82.9 Å². The number of likely N-dealkylation sites (tertiary alicyclic amines) is 2. The number of unbranched alkanes of at least 4 members (excludes halogenated alkanes) is 1. The van der Waals surface area contributed by atoms with Gasteiger partial charge in [-0.05, 0) is 192 Å². The molecule has 6 fully saturated rings. The van der Waals surface area contributed by atoms with Gasteiger partial charge in [0.2, 0.25) is 47.3 Å². The van der Waals surface area contributed by atoms with Crippen molar-refractivity contribution in [3.05, 3.63) is 144 Å². The van der Waals surface area contributed by atoms with Crippen LogP contribution in [0.2, 0.25) is 0 Å². The molecule has 0 bridgehead atoms. The summed E-state index contributed by atoms with van der Waals surface area (Å²) in [6.45, 7) is 14.4. The molecule has 2 aromatic carbocycles. The highest BCUT2D eigenvalue weighted by molar-refractivity contribution is 8.76. The Morgan fingerprint density at radius 1 is 0.712 bits per heavy atom. The summed E-state index contributed by atoms with van der Waals surface area (Å²) in [7, 11) is 3.76. The van der Waals surface area contributed by atoms with Crippen LogP contribution in [0.4, 0.5) is 4.79 Å².